The van der Waals surface area contributed by atoms with E-state index in [0.29, 0.717) is 35.7 Å². The molecule has 2 aliphatic rings. The number of carbonyl (C=O) groups is 2. The average Bonchev–Trinajstić information content (AvgIpc) is 3.50. The summed E-state index contributed by atoms with van der Waals surface area (Å²) in [6.45, 7) is 1.48. The number of primary amides is 1. The Kier molecular flexibility index (Phi) is 6.30. The van der Waals surface area contributed by atoms with Gasteiger partial charge in [0.05, 0.1) is 12.8 Å². The Labute approximate surface area is 211 Å². The fourth-order valence-corrected chi connectivity index (χ4v) is 5.90. The highest BCUT2D eigenvalue weighted by atomic mass is 16.5. The summed E-state index contributed by atoms with van der Waals surface area (Å²) in [5.74, 6) is -0.132. The van der Waals surface area contributed by atoms with Gasteiger partial charge in [-0.3, -0.25) is 9.59 Å². The van der Waals surface area contributed by atoms with Gasteiger partial charge in [-0.2, -0.15) is 5.10 Å². The van der Waals surface area contributed by atoms with Crippen molar-refractivity contribution in [2.24, 2.45) is 5.73 Å². The molecule has 2 heterocycles. The molecule has 1 aliphatic carbocycles. The van der Waals surface area contributed by atoms with E-state index in [1.165, 1.54) is 35.9 Å². The molecule has 0 bridgehead atoms. The van der Waals surface area contributed by atoms with E-state index in [1.54, 1.807) is 24.1 Å². The van der Waals surface area contributed by atoms with E-state index in [9.17, 15) is 9.59 Å². The van der Waals surface area contributed by atoms with Gasteiger partial charge in [-0.25, -0.2) is 4.68 Å². The molecule has 1 fully saturated rings. The quantitative estimate of drug-likeness (QED) is 0.550. The van der Waals surface area contributed by atoms with Gasteiger partial charge in [-0.15, -0.1) is 0 Å². The number of ether oxygens (including phenoxy) is 1. The lowest BCUT2D eigenvalue weighted by Crippen LogP contribution is -2.39. The lowest BCUT2D eigenvalue weighted by molar-refractivity contribution is 0.0972. The van der Waals surface area contributed by atoms with E-state index >= 15 is 0 Å². The van der Waals surface area contributed by atoms with Gasteiger partial charge < -0.3 is 20.3 Å². The van der Waals surface area contributed by atoms with Crippen molar-refractivity contribution in [2.45, 2.75) is 37.5 Å². The largest absolute Gasteiger partial charge is 0.497 e. The van der Waals surface area contributed by atoms with Crippen LogP contribution >= 0.6 is 0 Å². The van der Waals surface area contributed by atoms with Crippen molar-refractivity contribution in [3.05, 3.63) is 71.0 Å². The van der Waals surface area contributed by atoms with Gasteiger partial charge in [0.25, 0.3) is 11.8 Å². The molecule has 0 saturated heterocycles. The number of benzene rings is 2. The number of fused-ring (bicyclic) bond motifs is 1. The third kappa shape index (κ3) is 4.15. The first-order valence-corrected chi connectivity index (χ1v) is 12.5. The van der Waals surface area contributed by atoms with Crippen molar-refractivity contribution >= 4 is 17.5 Å². The molecular weight excluding hydrogens is 454 g/mol. The Morgan fingerprint density at radius 3 is 2.28 bits per heavy atom. The van der Waals surface area contributed by atoms with E-state index in [4.69, 9.17) is 10.5 Å². The topological polar surface area (TPSA) is 93.7 Å². The number of hydrogen-bond acceptors (Lipinski definition) is 5. The number of anilines is 1. The second-order valence-electron chi connectivity index (χ2n) is 10.1. The normalized spacial score (nSPS) is 16.9. The minimum absolute atomic E-state index is 0.149. The number of likely N-dealkylation sites (N-methyl/N-ethyl adjacent to an activating group) is 1. The van der Waals surface area contributed by atoms with Crippen molar-refractivity contribution in [1.82, 2.24) is 14.7 Å². The maximum absolute atomic E-state index is 13.8. The molecule has 3 aromatic rings. The summed E-state index contributed by atoms with van der Waals surface area (Å²) in [5.41, 5.74) is 9.77. The first-order chi connectivity index (χ1) is 17.3. The van der Waals surface area contributed by atoms with Crippen molar-refractivity contribution in [2.75, 3.05) is 39.2 Å². The van der Waals surface area contributed by atoms with Gasteiger partial charge in [0.15, 0.2) is 5.69 Å². The first kappa shape index (κ1) is 24.1. The summed E-state index contributed by atoms with van der Waals surface area (Å²) in [6.07, 6.45) is 5.38. The van der Waals surface area contributed by atoms with Crippen LogP contribution in [0.3, 0.4) is 0 Å². The predicted octanol–water partition coefficient (Wildman–Crippen LogP) is 3.56. The standard InChI is InChI=1S/C28H33N5O3/c1-31(2)18-28(15-4-5-16-28)19-6-8-20(9-7-19)32-17-14-23-24(26(29)34)30-33(25(23)27(32)35)21-10-12-22(36-3)13-11-21/h6-13H,4-5,14-18H2,1-3H3,(H2,29,34). The third-order valence-electron chi connectivity index (χ3n) is 7.54. The average molecular weight is 488 g/mol. The second-order valence-corrected chi connectivity index (χ2v) is 10.1. The Balaban J connectivity index is 1.49. The van der Waals surface area contributed by atoms with Crippen LogP contribution in [0.2, 0.25) is 0 Å². The Morgan fingerprint density at radius 2 is 1.69 bits per heavy atom. The maximum Gasteiger partial charge on any atom is 0.277 e. The maximum atomic E-state index is 13.8. The van der Waals surface area contributed by atoms with Crippen LogP contribution in [0.15, 0.2) is 48.5 Å². The van der Waals surface area contributed by atoms with E-state index in [2.05, 4.69) is 48.4 Å². The van der Waals surface area contributed by atoms with Crippen LogP contribution in [0.25, 0.3) is 5.69 Å². The van der Waals surface area contributed by atoms with E-state index in [1.807, 2.05) is 12.1 Å². The van der Waals surface area contributed by atoms with Crippen LogP contribution in [-0.2, 0) is 11.8 Å². The van der Waals surface area contributed by atoms with Crippen LogP contribution in [0, 0.1) is 0 Å². The molecule has 1 aliphatic heterocycles. The van der Waals surface area contributed by atoms with E-state index in [-0.39, 0.29) is 17.0 Å². The van der Waals surface area contributed by atoms with Crippen LogP contribution < -0.4 is 15.4 Å². The molecule has 2 amide bonds. The molecule has 0 atom stereocenters. The number of rotatable bonds is 7. The van der Waals surface area contributed by atoms with Crippen LogP contribution in [0.4, 0.5) is 5.69 Å². The molecule has 5 rings (SSSR count). The molecule has 2 aromatic carbocycles. The number of aromatic nitrogens is 2. The molecule has 0 unspecified atom stereocenters. The summed E-state index contributed by atoms with van der Waals surface area (Å²) >= 11 is 0. The predicted molar refractivity (Wildman–Crippen MR) is 139 cm³/mol. The van der Waals surface area contributed by atoms with Gasteiger partial charge in [-0.1, -0.05) is 25.0 Å². The number of nitrogens with two attached hydrogens (primary N) is 1. The second kappa shape index (κ2) is 9.43. The number of methoxy groups -OCH3 is 1. The molecule has 1 saturated carbocycles. The summed E-state index contributed by atoms with van der Waals surface area (Å²) in [4.78, 5) is 30.0. The molecule has 2 N–H and O–H groups in total. The number of hydrogen-bond donors (Lipinski definition) is 1. The van der Waals surface area contributed by atoms with E-state index in [0.717, 1.165) is 12.2 Å². The Hall–Kier alpha value is -3.65. The molecule has 36 heavy (non-hydrogen) atoms. The molecule has 8 nitrogen and oxygen atoms in total. The molecule has 1 aromatic heterocycles. The van der Waals surface area contributed by atoms with Gasteiger partial charge in [0.2, 0.25) is 0 Å². The Bertz CT molecular complexity index is 1270. The zero-order valence-corrected chi connectivity index (χ0v) is 21.2. The van der Waals surface area contributed by atoms with Crippen LogP contribution in [0.5, 0.6) is 5.75 Å². The number of amides is 2. The summed E-state index contributed by atoms with van der Waals surface area (Å²) in [6, 6.07) is 15.7. The van der Waals surface area contributed by atoms with Crippen LogP contribution in [-0.4, -0.2) is 60.8 Å². The molecule has 0 spiro atoms. The molecule has 0 radical (unpaired) electrons. The van der Waals surface area contributed by atoms with Crippen molar-refractivity contribution in [3.8, 4) is 11.4 Å². The van der Waals surface area contributed by atoms with Crippen LogP contribution in [0.1, 0.15) is 57.8 Å². The Morgan fingerprint density at radius 1 is 1.06 bits per heavy atom. The molecule has 188 valence electrons. The van der Waals surface area contributed by atoms with Crippen molar-refractivity contribution < 1.29 is 14.3 Å². The lowest BCUT2D eigenvalue weighted by Gasteiger charge is -2.33. The fraction of sp³-hybridized carbons (Fsp3) is 0.393. The monoisotopic (exact) mass is 487 g/mol. The number of nitrogens with zero attached hydrogens (tertiary/aromatic N) is 4. The SMILES string of the molecule is COc1ccc(-n2nc(C(N)=O)c3c2C(=O)N(c2ccc(C4(CN(C)C)CCCC4)cc2)CC3)cc1. The van der Waals surface area contributed by atoms with Crippen molar-refractivity contribution in [1.29, 1.82) is 0 Å². The molecule has 8 heteroatoms. The van der Waals surface area contributed by atoms with Gasteiger partial charge in [-0.05, 0) is 75.3 Å². The number of carbonyl (C=O) groups excluding carboxylic acids is 2. The summed E-state index contributed by atoms with van der Waals surface area (Å²) in [5, 5.41) is 4.45. The minimum Gasteiger partial charge on any atom is -0.497 e. The van der Waals surface area contributed by atoms with E-state index < -0.39 is 5.91 Å². The first-order valence-electron chi connectivity index (χ1n) is 12.5. The summed E-state index contributed by atoms with van der Waals surface area (Å²) in [7, 11) is 5.85. The highest BCUT2D eigenvalue weighted by Crippen LogP contribution is 2.42. The zero-order valence-electron chi connectivity index (χ0n) is 21.2. The smallest absolute Gasteiger partial charge is 0.277 e. The fourth-order valence-electron chi connectivity index (χ4n) is 5.90. The summed E-state index contributed by atoms with van der Waals surface area (Å²) < 4.78 is 6.78. The zero-order chi connectivity index (χ0) is 25.4. The molecular formula is C28H33N5O3. The van der Waals surface area contributed by atoms with Gasteiger partial charge in [0.1, 0.15) is 11.4 Å². The highest BCUT2D eigenvalue weighted by Gasteiger charge is 2.37. The third-order valence-corrected chi connectivity index (χ3v) is 7.54. The lowest BCUT2D eigenvalue weighted by atomic mass is 9.78. The van der Waals surface area contributed by atoms with Crippen molar-refractivity contribution in [3.63, 3.8) is 0 Å². The highest BCUT2D eigenvalue weighted by molar-refractivity contribution is 6.09. The van der Waals surface area contributed by atoms with Gasteiger partial charge in [0, 0.05) is 29.8 Å². The van der Waals surface area contributed by atoms with Gasteiger partial charge >= 0.3 is 0 Å². The minimum atomic E-state index is -0.633.